The van der Waals surface area contributed by atoms with Gasteiger partial charge in [-0.15, -0.1) is 0 Å². The summed E-state index contributed by atoms with van der Waals surface area (Å²) in [4.78, 5) is 34.9. The highest BCUT2D eigenvalue weighted by Gasteiger charge is 2.10. The molecule has 2 N–H and O–H groups in total. The maximum atomic E-state index is 12.2. The number of nitrogens with one attached hydrogen (secondary N) is 2. The van der Waals surface area contributed by atoms with Crippen molar-refractivity contribution in [2.75, 3.05) is 6.54 Å². The van der Waals surface area contributed by atoms with Crippen molar-refractivity contribution in [1.82, 2.24) is 29.2 Å². The van der Waals surface area contributed by atoms with Gasteiger partial charge in [-0.3, -0.25) is 9.20 Å². The predicted octanol–water partition coefficient (Wildman–Crippen LogP) is 1.46. The van der Waals surface area contributed by atoms with Gasteiger partial charge >= 0.3 is 5.69 Å². The summed E-state index contributed by atoms with van der Waals surface area (Å²) in [6.07, 6.45) is 4.74. The van der Waals surface area contributed by atoms with E-state index in [0.717, 1.165) is 11.0 Å². The number of hydrogen-bond donors (Lipinski definition) is 2. The van der Waals surface area contributed by atoms with Gasteiger partial charge < -0.3 is 14.9 Å². The molecule has 0 aliphatic rings. The van der Waals surface area contributed by atoms with Crippen LogP contribution in [0.1, 0.15) is 10.5 Å². The minimum atomic E-state index is -0.405. The molecule has 0 fully saturated rings. The van der Waals surface area contributed by atoms with Crippen LogP contribution in [0.4, 0.5) is 0 Å². The van der Waals surface area contributed by atoms with Gasteiger partial charge in [-0.05, 0) is 18.2 Å². The highest BCUT2D eigenvalue weighted by Crippen LogP contribution is 2.17. The van der Waals surface area contributed by atoms with E-state index in [1.165, 1.54) is 22.9 Å². The number of carbonyl (C=O) groups excluding carboxylic acids is 1. The lowest BCUT2D eigenvalue weighted by Gasteiger charge is -2.07. The summed E-state index contributed by atoms with van der Waals surface area (Å²) in [5.41, 5.74) is 1.92. The first-order valence-electron chi connectivity index (χ1n) is 7.57. The summed E-state index contributed by atoms with van der Waals surface area (Å²) in [5, 5.41) is 3.41. The number of rotatable bonds is 4. The molecule has 0 bridgehead atoms. The largest absolute Gasteiger partial charge is 0.349 e. The van der Waals surface area contributed by atoms with E-state index in [2.05, 4.69) is 20.3 Å². The van der Waals surface area contributed by atoms with Crippen molar-refractivity contribution in [3.63, 3.8) is 0 Å². The molecule has 1 amide bonds. The molecule has 0 aliphatic heterocycles. The normalized spacial score (nSPS) is 11.2. The third-order valence-electron chi connectivity index (χ3n) is 3.87. The Labute approximate surface area is 146 Å². The number of imidazole rings is 2. The molecule has 8 nitrogen and oxygen atoms in total. The van der Waals surface area contributed by atoms with Crippen LogP contribution in [0, 0.1) is 0 Å². The number of benzene rings is 1. The van der Waals surface area contributed by atoms with E-state index in [1.807, 2.05) is 10.6 Å². The first-order chi connectivity index (χ1) is 12.1. The molecule has 4 aromatic rings. The molecule has 0 saturated carbocycles. The molecule has 0 spiro atoms. The lowest BCUT2D eigenvalue weighted by atomic mass is 10.3. The Balaban J connectivity index is 1.46. The van der Waals surface area contributed by atoms with Crippen LogP contribution in [0.25, 0.3) is 16.7 Å². The van der Waals surface area contributed by atoms with Gasteiger partial charge in [0.05, 0.1) is 17.4 Å². The van der Waals surface area contributed by atoms with Crippen LogP contribution in [0.2, 0.25) is 5.02 Å². The average molecular weight is 357 g/mol. The van der Waals surface area contributed by atoms with Crippen molar-refractivity contribution in [3.8, 4) is 0 Å². The summed E-state index contributed by atoms with van der Waals surface area (Å²) in [6.45, 7) is 0.925. The summed E-state index contributed by atoms with van der Waals surface area (Å²) >= 11 is 5.95. The van der Waals surface area contributed by atoms with Gasteiger partial charge in [0.25, 0.3) is 5.91 Å². The molecular formula is C16H13ClN6O2. The van der Waals surface area contributed by atoms with Gasteiger partial charge in [0.15, 0.2) is 0 Å². The fourth-order valence-corrected chi connectivity index (χ4v) is 2.82. The van der Waals surface area contributed by atoms with Gasteiger partial charge in [-0.2, -0.15) is 0 Å². The zero-order valence-electron chi connectivity index (χ0n) is 12.9. The molecule has 126 valence electrons. The van der Waals surface area contributed by atoms with Crippen LogP contribution in [-0.4, -0.2) is 36.4 Å². The van der Waals surface area contributed by atoms with E-state index in [9.17, 15) is 9.59 Å². The summed E-state index contributed by atoms with van der Waals surface area (Å²) in [6, 6.07) is 7.00. The van der Waals surface area contributed by atoms with Crippen LogP contribution in [0.3, 0.4) is 0 Å². The fourth-order valence-electron chi connectivity index (χ4n) is 2.66. The van der Waals surface area contributed by atoms with Crippen molar-refractivity contribution in [3.05, 3.63) is 64.2 Å². The molecule has 3 aromatic heterocycles. The van der Waals surface area contributed by atoms with Crippen molar-refractivity contribution < 1.29 is 4.79 Å². The molecule has 0 aliphatic carbocycles. The Morgan fingerprint density at radius 2 is 2.16 bits per heavy atom. The van der Waals surface area contributed by atoms with Crippen molar-refractivity contribution in [2.24, 2.45) is 0 Å². The number of H-pyrrole nitrogens is 1. The van der Waals surface area contributed by atoms with E-state index < -0.39 is 5.69 Å². The van der Waals surface area contributed by atoms with Gasteiger partial charge in [-0.25, -0.2) is 14.8 Å². The van der Waals surface area contributed by atoms with Crippen LogP contribution >= 0.6 is 11.6 Å². The maximum Gasteiger partial charge on any atom is 0.331 e. The van der Waals surface area contributed by atoms with Gasteiger partial charge in [0.2, 0.25) is 0 Å². The minimum absolute atomic E-state index is 0.172. The van der Waals surface area contributed by atoms with E-state index in [1.54, 1.807) is 18.5 Å². The monoisotopic (exact) mass is 356 g/mol. The zero-order chi connectivity index (χ0) is 17.4. The number of amides is 1. The number of nitrogens with zero attached hydrogens (tertiary/aromatic N) is 4. The second kappa shape index (κ2) is 6.06. The van der Waals surface area contributed by atoms with Crippen LogP contribution in [-0.2, 0) is 6.54 Å². The molecule has 0 saturated heterocycles. The maximum absolute atomic E-state index is 12.2. The Morgan fingerprint density at radius 1 is 1.28 bits per heavy atom. The summed E-state index contributed by atoms with van der Waals surface area (Å²) in [7, 11) is 0. The highest BCUT2D eigenvalue weighted by atomic mass is 35.5. The number of hydrogen-bond acceptors (Lipinski definition) is 4. The smallest absolute Gasteiger partial charge is 0.331 e. The number of fused-ring (bicyclic) bond motifs is 2. The van der Waals surface area contributed by atoms with Crippen LogP contribution in [0.15, 0.2) is 47.8 Å². The van der Waals surface area contributed by atoms with Crippen LogP contribution < -0.4 is 11.0 Å². The topological polar surface area (TPSA) is 97.1 Å². The molecule has 25 heavy (non-hydrogen) atoms. The molecule has 4 rings (SSSR count). The van der Waals surface area contributed by atoms with E-state index >= 15 is 0 Å². The number of aromatic nitrogens is 5. The number of halogens is 1. The molecule has 0 unspecified atom stereocenters. The van der Waals surface area contributed by atoms with Gasteiger partial charge in [-0.1, -0.05) is 11.6 Å². The summed E-state index contributed by atoms with van der Waals surface area (Å²) in [5.74, 6) is -0.366. The van der Waals surface area contributed by atoms with Gasteiger partial charge in [0.1, 0.15) is 11.3 Å². The minimum Gasteiger partial charge on any atom is -0.349 e. The van der Waals surface area contributed by atoms with E-state index in [-0.39, 0.29) is 11.6 Å². The Bertz CT molecular complexity index is 1140. The fraction of sp³-hybridized carbons (Fsp3) is 0.125. The van der Waals surface area contributed by atoms with E-state index in [4.69, 9.17) is 11.6 Å². The quantitative estimate of drug-likeness (QED) is 0.578. The second-order valence-electron chi connectivity index (χ2n) is 5.47. The lowest BCUT2D eigenvalue weighted by Crippen LogP contribution is -2.30. The zero-order valence-corrected chi connectivity index (χ0v) is 13.7. The number of carbonyl (C=O) groups is 1. The first-order valence-corrected chi connectivity index (χ1v) is 7.94. The molecular weight excluding hydrogens is 344 g/mol. The lowest BCUT2D eigenvalue weighted by molar-refractivity contribution is 0.0947. The molecule has 3 heterocycles. The molecule has 0 atom stereocenters. The van der Waals surface area contributed by atoms with Gasteiger partial charge in [0, 0.05) is 36.6 Å². The van der Waals surface area contributed by atoms with Crippen molar-refractivity contribution in [1.29, 1.82) is 0 Å². The third kappa shape index (κ3) is 2.87. The van der Waals surface area contributed by atoms with Crippen molar-refractivity contribution in [2.45, 2.75) is 6.54 Å². The third-order valence-corrected chi connectivity index (χ3v) is 4.10. The molecule has 9 heteroatoms. The summed E-state index contributed by atoms with van der Waals surface area (Å²) < 4.78 is 3.26. The van der Waals surface area contributed by atoms with Crippen molar-refractivity contribution >= 4 is 34.2 Å². The number of aromatic amines is 1. The first kappa shape index (κ1) is 15.4. The Hall–Kier alpha value is -3.13. The van der Waals surface area contributed by atoms with Crippen LogP contribution in [0.5, 0.6) is 0 Å². The molecule has 1 aromatic carbocycles. The standard InChI is InChI=1S/C16H13ClN6O2/c17-10-1-2-13-11(7-10)20-9-22(13)5-3-19-15(24)12-8-14-18-4-6-23(14)16(25)21-12/h1-2,4,6-9H,3,5H2,(H,19,24)(H,21,25). The Morgan fingerprint density at radius 3 is 3.04 bits per heavy atom. The van der Waals surface area contributed by atoms with E-state index in [0.29, 0.717) is 23.8 Å². The second-order valence-corrected chi connectivity index (χ2v) is 5.91. The predicted molar refractivity (Wildman–Crippen MR) is 92.9 cm³/mol. The highest BCUT2D eigenvalue weighted by molar-refractivity contribution is 6.31. The molecule has 0 radical (unpaired) electrons. The average Bonchev–Trinajstić information content (AvgIpc) is 3.21. The Kier molecular flexibility index (Phi) is 3.73. The SMILES string of the molecule is O=C(NCCn1cnc2cc(Cl)ccc21)c1cc2nccn2c(=O)[nH]1.